The zero-order valence-corrected chi connectivity index (χ0v) is 18.7. The monoisotopic (exact) mass is 496 g/mol. The van der Waals surface area contributed by atoms with Crippen LogP contribution in [0, 0.1) is 10.1 Å². The number of fused-ring (bicyclic) bond motifs is 3. The molecule has 1 fully saturated rings. The summed E-state index contributed by atoms with van der Waals surface area (Å²) in [6.07, 6.45) is 0.112. The van der Waals surface area contributed by atoms with E-state index >= 15 is 0 Å². The third-order valence-electron chi connectivity index (χ3n) is 4.68. The van der Waals surface area contributed by atoms with E-state index in [2.05, 4.69) is 5.32 Å². The number of nitro benzene ring substituents is 1. The molecule has 0 saturated carbocycles. The van der Waals surface area contributed by atoms with Crippen molar-refractivity contribution in [2.75, 3.05) is 5.32 Å². The van der Waals surface area contributed by atoms with Gasteiger partial charge >= 0.3 is 88.1 Å². The molecule has 31 heavy (non-hydrogen) atoms. The molecule has 0 aromatic heterocycles. The number of anilines is 1. The molecule has 4 rings (SSSR count). The number of benzene rings is 2. The van der Waals surface area contributed by atoms with Gasteiger partial charge in [0, 0.05) is 11.6 Å². The number of nitro groups is 1. The smallest absolute Gasteiger partial charge is 0.273 e. The van der Waals surface area contributed by atoms with Gasteiger partial charge in [-0.05, 0) is 19.9 Å². The van der Waals surface area contributed by atoms with Gasteiger partial charge in [-0.1, -0.05) is 0 Å². The second-order valence-corrected chi connectivity index (χ2v) is 10.8. The second kappa shape index (κ2) is 8.01. The Morgan fingerprint density at radius 3 is 2.52 bits per heavy atom. The Morgan fingerprint density at radius 2 is 1.94 bits per heavy atom. The zero-order valence-electron chi connectivity index (χ0n) is 16.8. The van der Waals surface area contributed by atoms with Crippen molar-refractivity contribution < 1.29 is 36.2 Å². The Bertz CT molecular complexity index is 1100. The molecule has 2 aromatic rings. The maximum atomic E-state index is 11.1. The zero-order chi connectivity index (χ0) is 23.1. The first-order chi connectivity index (χ1) is 14.3. The molecule has 1 saturated heterocycles. The number of epoxide rings is 1. The maximum Gasteiger partial charge on any atom is 0.273 e. The average Bonchev–Trinajstić information content (AvgIpc) is 3.42. The topological polar surface area (TPSA) is 172 Å². The summed E-state index contributed by atoms with van der Waals surface area (Å²) in [5.74, 6) is -0.419. The number of carbonyl (C=O) groups excluding carboxylic acids is 1. The summed E-state index contributed by atoms with van der Waals surface area (Å²) in [5.41, 5.74) is 0.492. The molecule has 11 nitrogen and oxygen atoms in total. The molecular formula is C19H21AsN2O9. The molecule has 0 aliphatic carbocycles. The number of amides is 1. The molecule has 2 atom stereocenters. The fourth-order valence-electron chi connectivity index (χ4n) is 3.31. The van der Waals surface area contributed by atoms with Crippen molar-refractivity contribution in [2.24, 2.45) is 0 Å². The van der Waals surface area contributed by atoms with E-state index in [-0.39, 0.29) is 23.6 Å². The number of phenols is 1. The van der Waals surface area contributed by atoms with Crippen LogP contribution in [0.2, 0.25) is 0 Å². The number of hydrogen-bond acceptors (Lipinski definition) is 7. The normalized spacial score (nSPS) is 20.2. The molecule has 0 bridgehead atoms. The number of hydrogen-bond donors (Lipinski definition) is 4. The van der Waals surface area contributed by atoms with Crippen molar-refractivity contribution in [1.29, 1.82) is 0 Å². The van der Waals surface area contributed by atoms with Crippen LogP contribution >= 0.6 is 0 Å². The molecular weight excluding hydrogens is 475 g/mol. The Morgan fingerprint density at radius 1 is 1.26 bits per heavy atom. The molecule has 1 amide bonds. The van der Waals surface area contributed by atoms with E-state index < -0.39 is 40.7 Å². The van der Waals surface area contributed by atoms with Gasteiger partial charge in [0.1, 0.15) is 23.6 Å². The third-order valence-corrected chi connectivity index (χ3v) is 6.89. The number of phenolic OH excluding ortho intramolecular Hbond substituents is 1. The van der Waals surface area contributed by atoms with E-state index in [0.717, 1.165) is 11.6 Å². The summed E-state index contributed by atoms with van der Waals surface area (Å²) in [4.78, 5) is 21.0. The van der Waals surface area contributed by atoms with E-state index in [9.17, 15) is 23.8 Å². The fourth-order valence-corrected chi connectivity index (χ4v) is 5.02. The van der Waals surface area contributed by atoms with Gasteiger partial charge in [0.15, 0.2) is 0 Å². The van der Waals surface area contributed by atoms with Crippen molar-refractivity contribution in [1.82, 2.24) is 0 Å². The molecule has 0 spiro atoms. The van der Waals surface area contributed by atoms with E-state index in [1.165, 1.54) is 31.2 Å². The summed E-state index contributed by atoms with van der Waals surface area (Å²) in [7, 11) is 0. The summed E-state index contributed by atoms with van der Waals surface area (Å²) < 4.78 is 39.9. The number of nitrogens with zero attached hydrogens (tertiary/aromatic N) is 1. The van der Waals surface area contributed by atoms with Crippen molar-refractivity contribution in [3.63, 3.8) is 0 Å². The van der Waals surface area contributed by atoms with Gasteiger partial charge in [0.2, 0.25) is 0 Å². The van der Waals surface area contributed by atoms with Crippen LogP contribution in [0.1, 0.15) is 32.4 Å². The second-order valence-electron chi connectivity index (χ2n) is 7.56. The van der Waals surface area contributed by atoms with Gasteiger partial charge in [-0.3, -0.25) is 10.1 Å². The number of carbonyl (C=O) groups is 1. The quantitative estimate of drug-likeness (QED) is 0.210. The molecule has 2 aliphatic heterocycles. The summed E-state index contributed by atoms with van der Waals surface area (Å²) in [6, 6.07) is 8.52. The number of non-ortho nitro benzene ring substituents is 1. The van der Waals surface area contributed by atoms with Crippen molar-refractivity contribution in [3.8, 4) is 11.5 Å². The Balaban J connectivity index is 0.000000176. The van der Waals surface area contributed by atoms with Crippen LogP contribution in [0.3, 0.4) is 0 Å². The third kappa shape index (κ3) is 4.91. The maximum absolute atomic E-state index is 11.1. The summed E-state index contributed by atoms with van der Waals surface area (Å²) in [6.45, 7) is 5.07. The Labute approximate surface area is 179 Å². The van der Waals surface area contributed by atoms with E-state index in [0.29, 0.717) is 5.75 Å². The van der Waals surface area contributed by atoms with Crippen LogP contribution in [0.4, 0.5) is 11.4 Å². The number of ether oxygens (including phenoxy) is 2. The van der Waals surface area contributed by atoms with Crippen molar-refractivity contribution in [3.05, 3.63) is 52.1 Å². The predicted molar refractivity (Wildman–Crippen MR) is 108 cm³/mol. The average molecular weight is 496 g/mol. The Kier molecular flexibility index (Phi) is 5.90. The summed E-state index contributed by atoms with van der Waals surface area (Å²) >= 11 is -5.25. The van der Waals surface area contributed by atoms with Gasteiger partial charge in [-0.25, -0.2) is 0 Å². The molecule has 4 N–H and O–H groups in total. The first-order valence-electron chi connectivity index (χ1n) is 9.10. The van der Waals surface area contributed by atoms with Crippen molar-refractivity contribution >= 4 is 35.8 Å². The van der Waals surface area contributed by atoms with E-state index in [1.807, 2.05) is 13.8 Å². The van der Waals surface area contributed by atoms with E-state index in [1.54, 1.807) is 6.07 Å². The van der Waals surface area contributed by atoms with Gasteiger partial charge in [0.05, 0.1) is 11.0 Å². The van der Waals surface area contributed by atoms with Gasteiger partial charge < -0.3 is 9.47 Å². The largest absolute Gasteiger partial charge is 0.484 e. The SMILES string of the molecule is CC(=O)Nc1cccc(O)c1[As](=O)(O)O.CC1(C)Oc2cc([N+](=O)[O-])ccc2C2OC21. The Hall–Kier alpha value is -2.85. The summed E-state index contributed by atoms with van der Waals surface area (Å²) in [5, 5.41) is 22.2. The molecule has 0 radical (unpaired) electrons. The first-order valence-corrected chi connectivity index (χ1v) is 12.5. The van der Waals surface area contributed by atoms with Gasteiger partial charge in [-0.15, -0.1) is 0 Å². The van der Waals surface area contributed by atoms with Crippen molar-refractivity contribution in [2.45, 2.75) is 38.6 Å². The van der Waals surface area contributed by atoms with Crippen LogP contribution in [-0.4, -0.2) is 50.0 Å². The minimum absolute atomic E-state index is 0.0413. The molecule has 12 heteroatoms. The fraction of sp³-hybridized carbons (Fsp3) is 0.316. The van der Waals surface area contributed by atoms with Crippen LogP contribution in [0.5, 0.6) is 11.5 Å². The molecule has 2 heterocycles. The van der Waals surface area contributed by atoms with Crippen LogP contribution in [0.15, 0.2) is 36.4 Å². The number of aromatic hydroxyl groups is 1. The van der Waals surface area contributed by atoms with Crippen LogP contribution in [0.25, 0.3) is 0 Å². The standard InChI is InChI=1S/C11H11NO4.C8H10AsNO5/c1-11(2)10-9(15-10)7-4-3-6(12(13)14)5-8(7)16-11;1-5(11)10-6-3-2-4-7(12)8(6)9(13,14)15/h3-5,9-10H,1-2H3;2-4,12H,1H3,(H,10,11)(H2,13,14,15). The number of nitrogens with one attached hydrogen (secondary N) is 1. The molecule has 166 valence electrons. The minimum atomic E-state index is -5.25. The predicted octanol–water partition coefficient (Wildman–Crippen LogP) is 1.12. The van der Waals surface area contributed by atoms with Gasteiger partial charge in [0.25, 0.3) is 5.69 Å². The molecule has 2 unspecified atom stereocenters. The minimum Gasteiger partial charge on any atom is -0.484 e. The number of rotatable bonds is 3. The first kappa shape index (κ1) is 22.8. The molecule has 2 aliphatic rings. The van der Waals surface area contributed by atoms with E-state index in [4.69, 9.17) is 17.7 Å². The van der Waals surface area contributed by atoms with Gasteiger partial charge in [-0.2, -0.15) is 0 Å². The van der Waals surface area contributed by atoms with Crippen LogP contribution in [-0.2, 0) is 13.3 Å². The van der Waals surface area contributed by atoms with Crippen LogP contribution < -0.4 is 14.4 Å². The molecule has 2 aromatic carbocycles.